The Morgan fingerprint density at radius 1 is 1.15 bits per heavy atom. The van der Waals surface area contributed by atoms with E-state index in [1.165, 1.54) is 5.56 Å². The highest BCUT2D eigenvalue weighted by molar-refractivity contribution is 6.18. The molecule has 112 valence electrons. The van der Waals surface area contributed by atoms with E-state index in [2.05, 4.69) is 26.0 Å². The fourth-order valence-electron chi connectivity index (χ4n) is 1.74. The number of carbonyl (C=O) groups excluding carboxylic acids is 1. The highest BCUT2D eigenvalue weighted by Gasteiger charge is 2.22. The molecule has 0 bridgehead atoms. The number of hydrogen-bond acceptors (Lipinski definition) is 2. The summed E-state index contributed by atoms with van der Waals surface area (Å²) in [5, 5.41) is 0. The molecule has 0 heterocycles. The molecule has 0 saturated carbocycles. The molecule has 0 aromatic heterocycles. The topological polar surface area (TPSA) is 26.3 Å². The van der Waals surface area contributed by atoms with Crippen molar-refractivity contribution >= 4 is 17.6 Å². The minimum atomic E-state index is -0.248. The van der Waals surface area contributed by atoms with Crippen molar-refractivity contribution in [2.45, 2.75) is 46.5 Å². The first-order chi connectivity index (χ1) is 9.26. The Bertz CT molecular complexity index is 435. The van der Waals surface area contributed by atoms with Crippen molar-refractivity contribution in [3.05, 3.63) is 35.4 Å². The summed E-state index contributed by atoms with van der Waals surface area (Å²) >= 11 is 5.83. The van der Waals surface area contributed by atoms with Gasteiger partial charge in [-0.3, -0.25) is 4.79 Å². The number of carbonyl (C=O) groups is 1. The van der Waals surface area contributed by atoms with Crippen molar-refractivity contribution in [2.24, 2.45) is 5.41 Å². The van der Waals surface area contributed by atoms with Gasteiger partial charge in [0.15, 0.2) is 0 Å². The molecule has 0 aliphatic heterocycles. The number of hydrogen-bond donors (Lipinski definition) is 0. The molecule has 1 aromatic rings. The third-order valence-corrected chi connectivity index (χ3v) is 4.15. The predicted octanol–water partition coefficient (Wildman–Crippen LogP) is 4.72. The van der Waals surface area contributed by atoms with E-state index < -0.39 is 0 Å². The molecule has 0 saturated heterocycles. The van der Waals surface area contributed by atoms with Crippen LogP contribution in [0.25, 0.3) is 0 Å². The molecular weight excluding hydrogens is 272 g/mol. The lowest BCUT2D eigenvalue weighted by Gasteiger charge is -2.22. The molecule has 0 spiro atoms. The fourth-order valence-corrected chi connectivity index (χ4v) is 1.81. The van der Waals surface area contributed by atoms with E-state index in [1.807, 2.05) is 32.9 Å². The van der Waals surface area contributed by atoms with Gasteiger partial charge < -0.3 is 4.74 Å². The van der Waals surface area contributed by atoms with Gasteiger partial charge >= 0.3 is 5.97 Å². The van der Waals surface area contributed by atoms with Gasteiger partial charge in [-0.25, -0.2) is 0 Å². The third-order valence-electron chi connectivity index (χ3n) is 3.42. The average molecular weight is 297 g/mol. The zero-order valence-electron chi connectivity index (χ0n) is 13.1. The van der Waals surface area contributed by atoms with Crippen LogP contribution >= 0.6 is 11.6 Å². The van der Waals surface area contributed by atoms with E-state index in [4.69, 9.17) is 16.3 Å². The van der Waals surface area contributed by atoms with Crippen LogP contribution in [0.2, 0.25) is 0 Å². The van der Waals surface area contributed by atoms with Crippen LogP contribution in [-0.2, 0) is 9.53 Å². The van der Waals surface area contributed by atoms with Gasteiger partial charge in [-0.05, 0) is 24.0 Å². The molecule has 0 aliphatic carbocycles. The highest BCUT2D eigenvalue weighted by Crippen LogP contribution is 2.23. The van der Waals surface area contributed by atoms with Crippen molar-refractivity contribution in [3.8, 4) is 0 Å². The van der Waals surface area contributed by atoms with E-state index in [1.54, 1.807) is 0 Å². The van der Waals surface area contributed by atoms with Crippen LogP contribution in [0.1, 0.15) is 57.6 Å². The van der Waals surface area contributed by atoms with Gasteiger partial charge in [0.05, 0.1) is 12.5 Å². The fraction of sp³-hybridized carbons (Fsp3) is 0.588. The van der Waals surface area contributed by atoms with Crippen LogP contribution in [0.5, 0.6) is 0 Å². The largest absolute Gasteiger partial charge is 0.465 e. The average Bonchev–Trinajstić information content (AvgIpc) is 2.44. The minimum absolute atomic E-state index is 0.182. The van der Waals surface area contributed by atoms with Crippen molar-refractivity contribution < 1.29 is 9.53 Å². The normalized spacial score (nSPS) is 13.3. The Balaban J connectivity index is 2.65. The summed E-state index contributed by atoms with van der Waals surface area (Å²) in [5.74, 6) is 0.524. The lowest BCUT2D eigenvalue weighted by Crippen LogP contribution is -2.25. The van der Waals surface area contributed by atoms with Gasteiger partial charge in [0.2, 0.25) is 0 Å². The maximum absolute atomic E-state index is 12.1. The maximum Gasteiger partial charge on any atom is 0.313 e. The lowest BCUT2D eigenvalue weighted by molar-refractivity contribution is -0.147. The molecule has 0 radical (unpaired) electrons. The van der Waals surface area contributed by atoms with Crippen molar-refractivity contribution in [2.75, 3.05) is 12.5 Å². The molecule has 0 amide bonds. The third kappa shape index (κ3) is 4.82. The lowest BCUT2D eigenvalue weighted by atomic mass is 9.96. The Morgan fingerprint density at radius 2 is 1.65 bits per heavy atom. The number of esters is 1. The first-order valence-electron chi connectivity index (χ1n) is 7.09. The molecule has 0 fully saturated rings. The van der Waals surface area contributed by atoms with Crippen LogP contribution in [0.3, 0.4) is 0 Å². The molecule has 1 atom stereocenters. The number of benzene rings is 1. The molecule has 0 aliphatic rings. The smallest absolute Gasteiger partial charge is 0.313 e. The van der Waals surface area contributed by atoms with Gasteiger partial charge in [-0.15, -0.1) is 11.6 Å². The van der Waals surface area contributed by atoms with E-state index in [-0.39, 0.29) is 17.3 Å². The van der Waals surface area contributed by atoms with Gasteiger partial charge in [0.1, 0.15) is 0 Å². The number of halogens is 1. The Labute approximate surface area is 127 Å². The summed E-state index contributed by atoms with van der Waals surface area (Å²) in [6.45, 7) is 10.5. The Morgan fingerprint density at radius 3 is 2.10 bits per heavy atom. The van der Waals surface area contributed by atoms with Crippen LogP contribution in [0.4, 0.5) is 0 Å². The van der Waals surface area contributed by atoms with Crippen LogP contribution < -0.4 is 0 Å². The summed E-state index contributed by atoms with van der Waals surface area (Å²) in [4.78, 5) is 12.1. The molecule has 1 unspecified atom stereocenters. The SMILES string of the molecule is CC(C)c1ccc(C(C)C(=O)OCC(C)(C)CCl)cc1. The molecule has 1 rings (SSSR count). The summed E-state index contributed by atoms with van der Waals surface area (Å²) in [5.41, 5.74) is 2.08. The summed E-state index contributed by atoms with van der Waals surface area (Å²) < 4.78 is 5.37. The minimum Gasteiger partial charge on any atom is -0.465 e. The summed E-state index contributed by atoms with van der Waals surface area (Å²) in [6, 6.07) is 8.17. The number of ether oxygens (including phenoxy) is 1. The Hall–Kier alpha value is -1.02. The molecular formula is C17H25ClO2. The molecule has 3 heteroatoms. The molecule has 20 heavy (non-hydrogen) atoms. The second-order valence-corrected chi connectivity index (χ2v) is 6.72. The molecule has 0 N–H and O–H groups in total. The van der Waals surface area contributed by atoms with Gasteiger partial charge in [-0.2, -0.15) is 0 Å². The van der Waals surface area contributed by atoms with E-state index in [0.29, 0.717) is 18.4 Å². The molecule has 1 aromatic carbocycles. The molecule has 2 nitrogen and oxygen atoms in total. The number of alkyl halides is 1. The monoisotopic (exact) mass is 296 g/mol. The first kappa shape index (κ1) is 17.0. The highest BCUT2D eigenvalue weighted by atomic mass is 35.5. The van der Waals surface area contributed by atoms with Gasteiger partial charge in [0.25, 0.3) is 0 Å². The van der Waals surface area contributed by atoms with Crippen molar-refractivity contribution in [3.63, 3.8) is 0 Å². The zero-order valence-corrected chi connectivity index (χ0v) is 13.8. The second kappa shape index (κ2) is 7.12. The Kier molecular flexibility index (Phi) is 6.07. The standard InChI is InChI=1S/C17H25ClO2/c1-12(2)14-6-8-15(9-7-14)13(3)16(19)20-11-17(4,5)10-18/h6-9,12-13H,10-11H2,1-5H3. The summed E-state index contributed by atoms with van der Waals surface area (Å²) in [7, 11) is 0. The second-order valence-electron chi connectivity index (χ2n) is 6.45. The predicted molar refractivity (Wildman–Crippen MR) is 84.4 cm³/mol. The van der Waals surface area contributed by atoms with Gasteiger partial charge in [-0.1, -0.05) is 52.0 Å². The van der Waals surface area contributed by atoms with Crippen molar-refractivity contribution in [1.29, 1.82) is 0 Å². The van der Waals surface area contributed by atoms with E-state index in [0.717, 1.165) is 5.56 Å². The maximum atomic E-state index is 12.1. The summed E-state index contributed by atoms with van der Waals surface area (Å²) in [6.07, 6.45) is 0. The van der Waals surface area contributed by atoms with Crippen LogP contribution in [0.15, 0.2) is 24.3 Å². The first-order valence-corrected chi connectivity index (χ1v) is 7.63. The zero-order chi connectivity index (χ0) is 15.3. The van der Waals surface area contributed by atoms with E-state index >= 15 is 0 Å². The van der Waals surface area contributed by atoms with Crippen molar-refractivity contribution in [1.82, 2.24) is 0 Å². The number of rotatable bonds is 6. The van der Waals surface area contributed by atoms with Crippen LogP contribution in [-0.4, -0.2) is 18.5 Å². The van der Waals surface area contributed by atoms with E-state index in [9.17, 15) is 4.79 Å². The quantitative estimate of drug-likeness (QED) is 0.561. The van der Waals surface area contributed by atoms with Crippen LogP contribution in [0, 0.1) is 5.41 Å². The van der Waals surface area contributed by atoms with Gasteiger partial charge in [0, 0.05) is 11.3 Å².